The molecule has 1 aliphatic carbocycles. The number of carbonyl (C=O) groups is 1. The van der Waals surface area contributed by atoms with Gasteiger partial charge in [-0.1, -0.05) is 43.2 Å². The molecule has 16 heavy (non-hydrogen) atoms. The molecule has 2 rings (SSSR count). The molecule has 1 saturated carbocycles. The van der Waals surface area contributed by atoms with Crippen molar-refractivity contribution in [3.8, 4) is 0 Å². The van der Waals surface area contributed by atoms with Crippen molar-refractivity contribution in [3.63, 3.8) is 0 Å². The first kappa shape index (κ1) is 11.1. The summed E-state index contributed by atoms with van der Waals surface area (Å²) in [6, 6.07) is 8.56. The summed E-state index contributed by atoms with van der Waals surface area (Å²) in [5.74, 6) is -1.61. The molecule has 1 fully saturated rings. The van der Waals surface area contributed by atoms with Gasteiger partial charge in [-0.3, -0.25) is 0 Å². The fourth-order valence-corrected chi connectivity index (χ4v) is 2.56. The lowest BCUT2D eigenvalue weighted by molar-refractivity contribution is -0.330. The quantitative estimate of drug-likeness (QED) is 0.818. The fourth-order valence-electron chi connectivity index (χ4n) is 2.56. The molecule has 86 valence electrons. The van der Waals surface area contributed by atoms with Gasteiger partial charge in [-0.25, -0.2) is 0 Å². The van der Waals surface area contributed by atoms with E-state index in [0.717, 1.165) is 25.7 Å². The molecule has 0 aliphatic heterocycles. The lowest BCUT2D eigenvalue weighted by Gasteiger charge is -2.35. The zero-order valence-corrected chi connectivity index (χ0v) is 9.06. The number of rotatable bonds is 3. The molecule has 0 aromatic heterocycles. The summed E-state index contributed by atoms with van der Waals surface area (Å²) in [5.41, 5.74) is -1.39. The Balaban J connectivity index is 2.39. The zero-order chi connectivity index (χ0) is 11.6. The molecule has 0 bridgehead atoms. The van der Waals surface area contributed by atoms with Gasteiger partial charge in [0, 0.05) is 0 Å². The largest absolute Gasteiger partial charge is 0.547 e. The number of benzene rings is 1. The minimum Gasteiger partial charge on any atom is -0.547 e. The van der Waals surface area contributed by atoms with Crippen molar-refractivity contribution >= 4 is 5.97 Å². The van der Waals surface area contributed by atoms with Crippen LogP contribution in [0, 0.1) is 5.92 Å². The van der Waals surface area contributed by atoms with Crippen LogP contribution in [0.4, 0.5) is 0 Å². The van der Waals surface area contributed by atoms with Gasteiger partial charge in [0.15, 0.2) is 0 Å². The Hall–Kier alpha value is -1.35. The van der Waals surface area contributed by atoms with E-state index in [1.54, 1.807) is 30.3 Å². The van der Waals surface area contributed by atoms with Crippen molar-refractivity contribution in [1.82, 2.24) is 0 Å². The average Bonchev–Trinajstić information content (AvgIpc) is 2.82. The second-order valence-electron chi connectivity index (χ2n) is 4.40. The number of aliphatic hydroxyl groups is 1. The van der Waals surface area contributed by atoms with Crippen LogP contribution in [0.3, 0.4) is 0 Å². The summed E-state index contributed by atoms with van der Waals surface area (Å²) in [4.78, 5) is 11.2. The minimum absolute atomic E-state index is 0.222. The van der Waals surface area contributed by atoms with Crippen LogP contribution in [0.1, 0.15) is 31.2 Å². The molecule has 0 radical (unpaired) electrons. The van der Waals surface area contributed by atoms with Crippen molar-refractivity contribution in [2.75, 3.05) is 0 Å². The molecule has 1 aliphatic rings. The maximum Gasteiger partial charge on any atom is 0.132 e. The number of aliphatic carboxylic acids is 1. The Morgan fingerprint density at radius 3 is 2.31 bits per heavy atom. The molecule has 0 saturated heterocycles. The fraction of sp³-hybridized carbons (Fsp3) is 0.462. The summed E-state index contributed by atoms with van der Waals surface area (Å²) >= 11 is 0. The van der Waals surface area contributed by atoms with E-state index in [9.17, 15) is 15.0 Å². The second-order valence-corrected chi connectivity index (χ2v) is 4.40. The predicted molar refractivity (Wildman–Crippen MR) is 57.3 cm³/mol. The van der Waals surface area contributed by atoms with Gasteiger partial charge in [-0.2, -0.15) is 0 Å². The molecule has 1 aromatic rings. The molecule has 1 atom stereocenters. The minimum atomic E-state index is -1.82. The van der Waals surface area contributed by atoms with Crippen molar-refractivity contribution in [2.24, 2.45) is 5.92 Å². The zero-order valence-electron chi connectivity index (χ0n) is 9.06. The molecule has 0 amide bonds. The van der Waals surface area contributed by atoms with Gasteiger partial charge in [-0.15, -0.1) is 0 Å². The molecule has 3 nitrogen and oxygen atoms in total. The highest BCUT2D eigenvalue weighted by Gasteiger charge is 2.41. The molecule has 0 spiro atoms. The maximum absolute atomic E-state index is 11.2. The third-order valence-electron chi connectivity index (χ3n) is 3.47. The smallest absolute Gasteiger partial charge is 0.132 e. The van der Waals surface area contributed by atoms with E-state index in [0.29, 0.717) is 5.56 Å². The highest BCUT2D eigenvalue weighted by molar-refractivity contribution is 5.77. The lowest BCUT2D eigenvalue weighted by atomic mass is 9.80. The number of hydrogen-bond acceptors (Lipinski definition) is 3. The molecule has 1 N–H and O–H groups in total. The van der Waals surface area contributed by atoms with E-state index >= 15 is 0 Å². The normalized spacial score (nSPS) is 20.6. The number of carboxylic acids is 1. The van der Waals surface area contributed by atoms with E-state index in [1.807, 2.05) is 0 Å². The van der Waals surface area contributed by atoms with Gasteiger partial charge >= 0.3 is 0 Å². The predicted octanol–water partition coefficient (Wildman–Crippen LogP) is 0.814. The van der Waals surface area contributed by atoms with Gasteiger partial charge in [0.1, 0.15) is 5.60 Å². The SMILES string of the molecule is O=C([O-])[C@@](O)(c1ccccc1)C1CCCC1. The summed E-state index contributed by atoms with van der Waals surface area (Å²) in [7, 11) is 0. The summed E-state index contributed by atoms with van der Waals surface area (Å²) in [6.07, 6.45) is 3.46. The first-order valence-electron chi connectivity index (χ1n) is 5.65. The Labute approximate surface area is 94.7 Å². The third-order valence-corrected chi connectivity index (χ3v) is 3.47. The number of hydrogen-bond donors (Lipinski definition) is 1. The number of carbonyl (C=O) groups excluding carboxylic acids is 1. The maximum atomic E-state index is 11.2. The van der Waals surface area contributed by atoms with Crippen molar-refractivity contribution in [1.29, 1.82) is 0 Å². The first-order valence-corrected chi connectivity index (χ1v) is 5.65. The van der Waals surface area contributed by atoms with E-state index in [4.69, 9.17) is 0 Å². The number of carboxylic acid groups (broad SMARTS) is 1. The Bertz CT molecular complexity index is 368. The molecule has 0 unspecified atom stereocenters. The monoisotopic (exact) mass is 219 g/mol. The summed E-state index contributed by atoms with van der Waals surface area (Å²) in [5, 5.41) is 21.6. The highest BCUT2D eigenvalue weighted by Crippen LogP contribution is 2.40. The van der Waals surface area contributed by atoms with Crippen LogP contribution in [0.5, 0.6) is 0 Å². The Morgan fingerprint density at radius 1 is 1.25 bits per heavy atom. The van der Waals surface area contributed by atoms with Crippen LogP contribution in [0.15, 0.2) is 30.3 Å². The lowest BCUT2D eigenvalue weighted by Crippen LogP contribution is -2.50. The van der Waals surface area contributed by atoms with Crippen molar-refractivity contribution in [2.45, 2.75) is 31.3 Å². The van der Waals surface area contributed by atoms with Gasteiger partial charge in [-0.05, 0) is 24.3 Å². The third kappa shape index (κ3) is 1.71. The van der Waals surface area contributed by atoms with E-state index in [2.05, 4.69) is 0 Å². The average molecular weight is 219 g/mol. The summed E-state index contributed by atoms with van der Waals surface area (Å²) in [6.45, 7) is 0. The van der Waals surface area contributed by atoms with Crippen LogP contribution in [-0.2, 0) is 10.4 Å². The van der Waals surface area contributed by atoms with Crippen LogP contribution in [0.25, 0.3) is 0 Å². The Kier molecular flexibility index (Phi) is 2.97. The van der Waals surface area contributed by atoms with Gasteiger partial charge in [0.05, 0.1) is 5.97 Å². The first-order chi connectivity index (χ1) is 7.65. The molecule has 1 aromatic carbocycles. The molecular weight excluding hydrogens is 204 g/mol. The van der Waals surface area contributed by atoms with E-state index in [-0.39, 0.29) is 5.92 Å². The summed E-state index contributed by atoms with van der Waals surface area (Å²) < 4.78 is 0. The second kappa shape index (κ2) is 4.26. The Morgan fingerprint density at radius 2 is 1.81 bits per heavy atom. The molecule has 3 heteroatoms. The van der Waals surface area contributed by atoms with Gasteiger partial charge in [0.2, 0.25) is 0 Å². The van der Waals surface area contributed by atoms with Crippen LogP contribution in [-0.4, -0.2) is 11.1 Å². The van der Waals surface area contributed by atoms with Crippen molar-refractivity contribution < 1.29 is 15.0 Å². The highest BCUT2D eigenvalue weighted by atomic mass is 16.4. The molecule has 0 heterocycles. The van der Waals surface area contributed by atoms with Crippen molar-refractivity contribution in [3.05, 3.63) is 35.9 Å². The van der Waals surface area contributed by atoms with Crippen LogP contribution < -0.4 is 5.11 Å². The molecular formula is C13H15O3-. The van der Waals surface area contributed by atoms with Gasteiger partial charge < -0.3 is 15.0 Å². The van der Waals surface area contributed by atoms with Gasteiger partial charge in [0.25, 0.3) is 0 Å². The standard InChI is InChI=1S/C13H16O3/c14-12(15)13(16,11-8-4-5-9-11)10-6-2-1-3-7-10/h1-3,6-7,11,16H,4-5,8-9H2,(H,14,15)/p-1/t13-/m1/s1. The van der Waals surface area contributed by atoms with Crippen LogP contribution >= 0.6 is 0 Å². The van der Waals surface area contributed by atoms with Crippen LogP contribution in [0.2, 0.25) is 0 Å². The van der Waals surface area contributed by atoms with E-state index < -0.39 is 11.6 Å². The topological polar surface area (TPSA) is 60.4 Å². The van der Waals surface area contributed by atoms with E-state index in [1.165, 1.54) is 0 Å².